The number of rotatable bonds is 4. The van der Waals surface area contributed by atoms with Gasteiger partial charge in [0, 0.05) is 0 Å². The molecule has 32 heavy (non-hydrogen) atoms. The third-order valence-electron chi connectivity index (χ3n) is 6.47. The summed E-state index contributed by atoms with van der Waals surface area (Å²) in [6.45, 7) is 0. The van der Waals surface area contributed by atoms with Crippen molar-refractivity contribution >= 4 is 35.0 Å². The van der Waals surface area contributed by atoms with E-state index in [0.29, 0.717) is 11.1 Å². The molecule has 8 nitrogen and oxygen atoms in total. The predicted molar refractivity (Wildman–Crippen MR) is 109 cm³/mol. The largest absolute Gasteiger partial charge is 0.509 e. The van der Waals surface area contributed by atoms with Gasteiger partial charge in [-0.1, -0.05) is 60.7 Å². The first-order chi connectivity index (χ1) is 15.4. The van der Waals surface area contributed by atoms with Gasteiger partial charge in [-0.3, -0.25) is 14.4 Å². The molecule has 1 saturated heterocycles. The van der Waals surface area contributed by atoms with Crippen LogP contribution in [0.25, 0.3) is 11.1 Å². The van der Waals surface area contributed by atoms with Crippen LogP contribution in [0.4, 0.5) is 4.79 Å². The maximum absolute atomic E-state index is 14.2. The molecule has 4 unspecified atom stereocenters. The van der Waals surface area contributed by atoms with Gasteiger partial charge < -0.3 is 18.9 Å². The molecule has 0 N–H and O–H groups in total. The van der Waals surface area contributed by atoms with Gasteiger partial charge in [-0.05, 0) is 22.3 Å². The molecule has 2 fully saturated rings. The molecule has 2 bridgehead atoms. The van der Waals surface area contributed by atoms with E-state index in [1.54, 1.807) is 60.7 Å². The molecular weight excluding hydrogens is 416 g/mol. The molecule has 0 amide bonds. The lowest BCUT2D eigenvalue weighted by Crippen LogP contribution is -2.48. The Labute approximate surface area is 182 Å². The second-order valence-electron chi connectivity index (χ2n) is 7.74. The Morgan fingerprint density at radius 3 is 1.44 bits per heavy atom. The van der Waals surface area contributed by atoms with Gasteiger partial charge in [0.2, 0.25) is 0 Å². The lowest BCUT2D eigenvalue weighted by atomic mass is 9.69. The van der Waals surface area contributed by atoms with E-state index in [9.17, 15) is 19.2 Å². The number of methoxy groups -OCH3 is 2. The van der Waals surface area contributed by atoms with Crippen LogP contribution in [0.15, 0.2) is 60.7 Å². The molecule has 4 atom stereocenters. The Morgan fingerprint density at radius 1 is 0.719 bits per heavy atom. The maximum atomic E-state index is 14.2. The summed E-state index contributed by atoms with van der Waals surface area (Å²) >= 11 is 0. The van der Waals surface area contributed by atoms with Gasteiger partial charge in [-0.2, -0.15) is 0 Å². The number of hydrogen-bond donors (Lipinski definition) is 0. The summed E-state index contributed by atoms with van der Waals surface area (Å²) in [5.74, 6) is -2.67. The fraction of sp³-hybridized carbons (Fsp3) is 0.250. The summed E-state index contributed by atoms with van der Waals surface area (Å²) in [6, 6.07) is 17.4. The number of Topliss-reactive ketones (excluding diaryl/α,β-unsaturated/α-hetero) is 1. The van der Waals surface area contributed by atoms with Crippen LogP contribution in [0.2, 0.25) is 0 Å². The van der Waals surface area contributed by atoms with Crippen LogP contribution < -0.4 is 0 Å². The molecule has 0 spiro atoms. The first kappa shape index (κ1) is 20.0. The Bertz CT molecular complexity index is 1100. The highest BCUT2D eigenvalue weighted by molar-refractivity contribution is 6.39. The molecule has 5 rings (SSSR count). The van der Waals surface area contributed by atoms with Gasteiger partial charge >= 0.3 is 18.1 Å². The minimum Gasteiger partial charge on any atom is -0.468 e. The summed E-state index contributed by atoms with van der Waals surface area (Å²) in [7, 11) is 2.27. The van der Waals surface area contributed by atoms with E-state index in [1.807, 2.05) is 0 Å². The van der Waals surface area contributed by atoms with E-state index in [4.69, 9.17) is 18.9 Å². The summed E-state index contributed by atoms with van der Waals surface area (Å²) in [6.07, 6.45) is -3.83. The molecule has 0 radical (unpaired) electrons. The SMILES string of the molecule is COC(=O)C12C(=O)C(C(=O)OC)(C(c3ccccc3)=C1c1ccccc1)C1OC(=O)OC12. The molecule has 2 aromatic rings. The first-order valence-electron chi connectivity index (χ1n) is 9.90. The highest BCUT2D eigenvalue weighted by Crippen LogP contribution is 2.70. The molecular formula is C24H18O8. The van der Waals surface area contributed by atoms with Crippen LogP contribution in [0, 0.1) is 10.8 Å². The average molecular weight is 434 g/mol. The van der Waals surface area contributed by atoms with E-state index in [-0.39, 0.29) is 11.1 Å². The summed E-state index contributed by atoms with van der Waals surface area (Å²) in [5, 5.41) is 0. The Morgan fingerprint density at radius 2 is 1.09 bits per heavy atom. The highest BCUT2D eigenvalue weighted by atomic mass is 16.8. The number of esters is 2. The molecule has 2 aromatic carbocycles. The average Bonchev–Trinajstić information content (AvgIpc) is 3.40. The minimum absolute atomic E-state index is 0.242. The Hall–Kier alpha value is -3.94. The van der Waals surface area contributed by atoms with Crippen LogP contribution in [0.1, 0.15) is 11.1 Å². The maximum Gasteiger partial charge on any atom is 0.509 e. The zero-order chi connectivity index (χ0) is 22.7. The smallest absolute Gasteiger partial charge is 0.468 e. The Balaban J connectivity index is 1.98. The number of ether oxygens (including phenoxy) is 4. The van der Waals surface area contributed by atoms with Crippen LogP contribution in [0.3, 0.4) is 0 Å². The van der Waals surface area contributed by atoms with Crippen molar-refractivity contribution in [2.24, 2.45) is 10.8 Å². The van der Waals surface area contributed by atoms with Gasteiger partial charge in [0.1, 0.15) is 0 Å². The second-order valence-corrected chi connectivity index (χ2v) is 7.74. The summed E-state index contributed by atoms with van der Waals surface area (Å²) in [4.78, 5) is 53.2. The number of carbonyl (C=O) groups is 4. The number of benzene rings is 2. The van der Waals surface area contributed by atoms with E-state index < -0.39 is 46.9 Å². The van der Waals surface area contributed by atoms with Crippen molar-refractivity contribution in [2.45, 2.75) is 12.2 Å². The molecule has 1 aliphatic heterocycles. The second kappa shape index (κ2) is 6.78. The summed E-state index contributed by atoms with van der Waals surface area (Å²) < 4.78 is 20.8. The fourth-order valence-corrected chi connectivity index (χ4v) is 5.36. The third-order valence-corrected chi connectivity index (χ3v) is 6.47. The third kappa shape index (κ3) is 2.11. The van der Waals surface area contributed by atoms with Gasteiger partial charge in [-0.15, -0.1) is 0 Å². The highest BCUT2D eigenvalue weighted by Gasteiger charge is 2.87. The van der Waals surface area contributed by atoms with Crippen molar-refractivity contribution in [1.82, 2.24) is 0 Å². The van der Waals surface area contributed by atoms with Crippen LogP contribution >= 0.6 is 0 Å². The van der Waals surface area contributed by atoms with Crippen molar-refractivity contribution in [1.29, 1.82) is 0 Å². The van der Waals surface area contributed by atoms with Gasteiger partial charge in [0.25, 0.3) is 0 Å². The van der Waals surface area contributed by atoms with Crippen LogP contribution in [-0.2, 0) is 33.3 Å². The normalized spacial score (nSPS) is 29.9. The first-order valence-corrected chi connectivity index (χ1v) is 9.90. The van der Waals surface area contributed by atoms with Crippen LogP contribution in [-0.4, -0.2) is 50.3 Å². The van der Waals surface area contributed by atoms with Crippen molar-refractivity contribution in [2.75, 3.05) is 14.2 Å². The van der Waals surface area contributed by atoms with Crippen molar-refractivity contribution in [3.8, 4) is 0 Å². The minimum atomic E-state index is -2.09. The molecule has 1 saturated carbocycles. The number of hydrogen-bond acceptors (Lipinski definition) is 8. The lowest BCUT2D eigenvalue weighted by molar-refractivity contribution is -0.159. The van der Waals surface area contributed by atoms with E-state index in [1.165, 1.54) is 0 Å². The van der Waals surface area contributed by atoms with Gasteiger partial charge in [0.05, 0.1) is 14.2 Å². The standard InChI is InChI=1S/C24H18O8/c1-29-20(26)23-15(13-9-5-3-6-10-13)16(14-11-7-4-8-12-14)24(19(23)25,21(27)30-2)18-17(23)31-22(28)32-18/h3-12,17-18H,1-2H3. The number of carbonyl (C=O) groups excluding carboxylic acids is 4. The topological polar surface area (TPSA) is 105 Å². The zero-order valence-electron chi connectivity index (χ0n) is 17.2. The van der Waals surface area contributed by atoms with E-state index in [2.05, 4.69) is 0 Å². The molecule has 2 aliphatic carbocycles. The monoisotopic (exact) mass is 434 g/mol. The van der Waals surface area contributed by atoms with E-state index >= 15 is 0 Å². The van der Waals surface area contributed by atoms with Gasteiger partial charge in [-0.25, -0.2) is 4.79 Å². The van der Waals surface area contributed by atoms with Crippen molar-refractivity contribution in [3.05, 3.63) is 71.8 Å². The molecule has 162 valence electrons. The predicted octanol–water partition coefficient (Wildman–Crippen LogP) is 2.42. The van der Waals surface area contributed by atoms with Crippen LogP contribution in [0.5, 0.6) is 0 Å². The lowest BCUT2D eigenvalue weighted by Gasteiger charge is -2.35. The molecule has 1 heterocycles. The quantitative estimate of drug-likeness (QED) is 0.410. The fourth-order valence-electron chi connectivity index (χ4n) is 5.36. The zero-order valence-corrected chi connectivity index (χ0v) is 17.2. The van der Waals surface area contributed by atoms with E-state index in [0.717, 1.165) is 14.2 Å². The molecule has 3 aliphatic rings. The van der Waals surface area contributed by atoms with Crippen molar-refractivity contribution < 1.29 is 38.1 Å². The van der Waals surface area contributed by atoms with Gasteiger partial charge in [0.15, 0.2) is 28.8 Å². The Kier molecular flexibility index (Phi) is 4.24. The number of fused-ring (bicyclic) bond motifs is 5. The summed E-state index contributed by atoms with van der Waals surface area (Å²) in [5.41, 5.74) is -2.68. The molecule has 0 aromatic heterocycles. The number of ketones is 1. The molecule has 8 heteroatoms. The van der Waals surface area contributed by atoms with Crippen molar-refractivity contribution in [3.63, 3.8) is 0 Å².